The Balaban J connectivity index is 2.15. The second-order valence-corrected chi connectivity index (χ2v) is 7.92. The van der Waals surface area contributed by atoms with E-state index in [4.69, 9.17) is 0 Å². The van der Waals surface area contributed by atoms with Crippen LogP contribution < -0.4 is 16.6 Å². The Morgan fingerprint density at radius 1 is 1.23 bits per heavy atom. The van der Waals surface area contributed by atoms with E-state index in [1.807, 2.05) is 0 Å². The summed E-state index contributed by atoms with van der Waals surface area (Å²) in [5, 5.41) is 12.3. The number of hydrogen-bond acceptors (Lipinski definition) is 6. The predicted molar refractivity (Wildman–Crippen MR) is 95.2 cm³/mol. The molecule has 2 rings (SSSR count). The van der Waals surface area contributed by atoms with E-state index in [1.54, 1.807) is 6.92 Å². The number of hydrogen-bond donors (Lipinski definition) is 4. The molecule has 0 aliphatic heterocycles. The Morgan fingerprint density at radius 3 is 2.54 bits per heavy atom. The first kappa shape index (κ1) is 19.4. The zero-order valence-electron chi connectivity index (χ0n) is 14.3. The van der Waals surface area contributed by atoms with E-state index in [0.717, 1.165) is 0 Å². The number of benzene rings is 1. The molecule has 140 valence electrons. The number of nitrogens with one attached hydrogen (secondary N) is 3. The molecule has 1 heterocycles. The summed E-state index contributed by atoms with van der Waals surface area (Å²) in [5.74, 6) is -0.901. The summed E-state index contributed by atoms with van der Waals surface area (Å²) in [6.45, 7) is 3.04. The second-order valence-electron chi connectivity index (χ2n) is 5.64. The van der Waals surface area contributed by atoms with Crippen LogP contribution in [0.25, 0.3) is 0 Å². The molecule has 0 spiro atoms. The molecule has 2 aromatic rings. The Hall–Kier alpha value is -2.88. The smallest absolute Gasteiger partial charge is 0.325 e. The third-order valence-electron chi connectivity index (χ3n) is 3.84. The number of H-pyrrole nitrogens is 2. The third kappa shape index (κ3) is 4.39. The Morgan fingerprint density at radius 2 is 1.92 bits per heavy atom. The van der Waals surface area contributed by atoms with Crippen molar-refractivity contribution < 1.29 is 18.3 Å². The first-order chi connectivity index (χ1) is 12.1. The van der Waals surface area contributed by atoms with Crippen molar-refractivity contribution in [3.8, 4) is 5.75 Å². The minimum Gasteiger partial charge on any atom is -0.506 e. The number of phenols is 1. The molecule has 9 nitrogen and oxygen atoms in total. The van der Waals surface area contributed by atoms with Gasteiger partial charge in [0.1, 0.15) is 5.75 Å². The highest BCUT2D eigenvalue weighted by Crippen LogP contribution is 2.27. The van der Waals surface area contributed by atoms with Crippen molar-refractivity contribution in [2.24, 2.45) is 0 Å². The van der Waals surface area contributed by atoms with Gasteiger partial charge >= 0.3 is 5.69 Å². The van der Waals surface area contributed by atoms with Crippen LogP contribution in [0.15, 0.2) is 32.7 Å². The molecule has 1 amide bonds. The van der Waals surface area contributed by atoms with Gasteiger partial charge in [0.15, 0.2) is 9.84 Å². The third-order valence-corrected chi connectivity index (χ3v) is 5.57. The number of aryl methyl sites for hydroxylation is 1. The van der Waals surface area contributed by atoms with Crippen LogP contribution in [0.1, 0.15) is 24.6 Å². The SMILES string of the molecule is CCS(=O)(=O)c1ccc(O)c(NC(=O)CCc2c(C)[nH]c(=O)[nH]c2=O)c1. The first-order valence-corrected chi connectivity index (χ1v) is 9.47. The van der Waals surface area contributed by atoms with Gasteiger partial charge < -0.3 is 15.4 Å². The Bertz CT molecular complexity index is 1050. The summed E-state index contributed by atoms with van der Waals surface area (Å²) >= 11 is 0. The number of anilines is 1. The first-order valence-electron chi connectivity index (χ1n) is 7.81. The van der Waals surface area contributed by atoms with Gasteiger partial charge in [0.05, 0.1) is 16.3 Å². The molecule has 0 radical (unpaired) electrons. The topological polar surface area (TPSA) is 149 Å². The van der Waals surface area contributed by atoms with Gasteiger partial charge in [-0.25, -0.2) is 13.2 Å². The zero-order chi connectivity index (χ0) is 19.5. The van der Waals surface area contributed by atoms with Gasteiger partial charge in [-0.15, -0.1) is 0 Å². The number of aromatic hydroxyl groups is 1. The monoisotopic (exact) mass is 381 g/mol. The summed E-state index contributed by atoms with van der Waals surface area (Å²) in [6, 6.07) is 3.63. The van der Waals surface area contributed by atoms with Crippen LogP contribution in [0.4, 0.5) is 5.69 Å². The number of rotatable bonds is 6. The maximum Gasteiger partial charge on any atom is 0.325 e. The predicted octanol–water partition coefficient (Wildman–Crippen LogP) is 0.442. The maximum atomic E-state index is 12.1. The van der Waals surface area contributed by atoms with Crippen LogP contribution >= 0.6 is 0 Å². The van der Waals surface area contributed by atoms with Crippen LogP contribution in [-0.4, -0.2) is 35.2 Å². The van der Waals surface area contributed by atoms with E-state index in [0.29, 0.717) is 5.69 Å². The van der Waals surface area contributed by atoms with Gasteiger partial charge in [0, 0.05) is 17.7 Å². The summed E-state index contributed by atoms with van der Waals surface area (Å²) in [5.41, 5.74) is -0.592. The van der Waals surface area contributed by atoms with Gasteiger partial charge in [0.2, 0.25) is 5.91 Å². The highest BCUT2D eigenvalue weighted by Gasteiger charge is 2.16. The van der Waals surface area contributed by atoms with E-state index in [1.165, 1.54) is 25.1 Å². The summed E-state index contributed by atoms with van der Waals surface area (Å²) < 4.78 is 23.8. The maximum absolute atomic E-state index is 12.1. The number of phenolic OH excluding ortho intramolecular Hbond substituents is 1. The van der Waals surface area contributed by atoms with Crippen molar-refractivity contribution in [2.75, 3.05) is 11.1 Å². The lowest BCUT2D eigenvalue weighted by Crippen LogP contribution is -2.27. The van der Waals surface area contributed by atoms with Crippen molar-refractivity contribution in [3.05, 3.63) is 50.3 Å². The summed E-state index contributed by atoms with van der Waals surface area (Å²) in [4.78, 5) is 39.5. The molecule has 0 saturated heterocycles. The van der Waals surface area contributed by atoms with Crippen LogP contribution in [0.2, 0.25) is 0 Å². The number of carbonyl (C=O) groups excluding carboxylic acids is 1. The van der Waals surface area contributed by atoms with Gasteiger partial charge in [-0.05, 0) is 31.5 Å². The molecule has 26 heavy (non-hydrogen) atoms. The molecule has 1 aromatic heterocycles. The quantitative estimate of drug-likeness (QED) is 0.534. The zero-order valence-corrected chi connectivity index (χ0v) is 15.1. The molecule has 1 aromatic carbocycles. The highest BCUT2D eigenvalue weighted by atomic mass is 32.2. The van der Waals surface area contributed by atoms with Gasteiger partial charge in [-0.2, -0.15) is 0 Å². The standard InChI is InChI=1S/C16H19N3O6S/c1-3-26(24,25)10-4-6-13(20)12(8-10)18-14(21)7-5-11-9(2)17-16(23)19-15(11)22/h4,6,8,20H,3,5,7H2,1-2H3,(H,18,21)(H2,17,19,22,23). The van der Waals surface area contributed by atoms with Crippen LogP contribution in [0.3, 0.4) is 0 Å². The second kappa shape index (κ2) is 7.56. The fourth-order valence-corrected chi connectivity index (χ4v) is 3.26. The summed E-state index contributed by atoms with van der Waals surface area (Å²) in [7, 11) is -3.49. The lowest BCUT2D eigenvalue weighted by molar-refractivity contribution is -0.116. The average molecular weight is 381 g/mol. The fourth-order valence-electron chi connectivity index (χ4n) is 2.35. The molecule has 4 N–H and O–H groups in total. The van der Waals surface area contributed by atoms with E-state index in [9.17, 15) is 27.9 Å². The number of aromatic amines is 2. The fraction of sp³-hybridized carbons (Fsp3) is 0.312. The molecular formula is C16H19N3O6S. The van der Waals surface area contributed by atoms with Gasteiger partial charge in [-0.1, -0.05) is 6.92 Å². The molecule has 0 unspecified atom stereocenters. The molecule has 0 saturated carbocycles. The number of amides is 1. The molecule has 0 bridgehead atoms. The van der Waals surface area contributed by atoms with Crippen molar-refractivity contribution in [2.45, 2.75) is 31.6 Å². The molecule has 10 heteroatoms. The number of carbonyl (C=O) groups is 1. The summed E-state index contributed by atoms with van der Waals surface area (Å²) in [6.07, 6.45) is -0.0301. The molecule has 0 aliphatic carbocycles. The number of aromatic nitrogens is 2. The minimum atomic E-state index is -3.49. The Kier molecular flexibility index (Phi) is 5.66. The lowest BCUT2D eigenvalue weighted by atomic mass is 10.1. The van der Waals surface area contributed by atoms with Crippen molar-refractivity contribution in [3.63, 3.8) is 0 Å². The lowest BCUT2D eigenvalue weighted by Gasteiger charge is -2.10. The van der Waals surface area contributed by atoms with Crippen LogP contribution in [-0.2, 0) is 21.1 Å². The average Bonchev–Trinajstić information content (AvgIpc) is 2.55. The van der Waals surface area contributed by atoms with Crippen molar-refractivity contribution in [1.29, 1.82) is 0 Å². The van der Waals surface area contributed by atoms with Crippen LogP contribution in [0, 0.1) is 6.92 Å². The largest absolute Gasteiger partial charge is 0.506 e. The molecule has 0 fully saturated rings. The van der Waals surface area contributed by atoms with E-state index in [2.05, 4.69) is 15.3 Å². The van der Waals surface area contributed by atoms with E-state index < -0.39 is 27.0 Å². The van der Waals surface area contributed by atoms with Crippen molar-refractivity contribution >= 4 is 21.4 Å². The highest BCUT2D eigenvalue weighted by molar-refractivity contribution is 7.91. The molecular weight excluding hydrogens is 362 g/mol. The normalized spacial score (nSPS) is 11.3. The van der Waals surface area contributed by atoms with E-state index in [-0.39, 0.29) is 40.5 Å². The van der Waals surface area contributed by atoms with Crippen LogP contribution in [0.5, 0.6) is 5.75 Å². The van der Waals surface area contributed by atoms with Crippen molar-refractivity contribution in [1.82, 2.24) is 9.97 Å². The Labute approximate surface area is 149 Å². The molecule has 0 atom stereocenters. The van der Waals surface area contributed by atoms with Gasteiger partial charge in [-0.3, -0.25) is 14.6 Å². The minimum absolute atomic E-state index is 0.0129. The van der Waals surface area contributed by atoms with E-state index >= 15 is 0 Å². The number of sulfone groups is 1. The molecule has 0 aliphatic rings. The van der Waals surface area contributed by atoms with Gasteiger partial charge in [0.25, 0.3) is 5.56 Å².